The Bertz CT molecular complexity index is 306. The molecule has 0 spiro atoms. The molecule has 4 heteroatoms. The maximum Gasteiger partial charge on any atom is 0.405 e. The number of carbonyl (C=O) groups excluding carboxylic acids is 1. The van der Waals surface area contributed by atoms with E-state index in [4.69, 9.17) is 5.11 Å². The lowest BCUT2D eigenvalue weighted by Crippen LogP contribution is -2.41. The standard InChI is InChI=1S/C13H21NO3/c1-9(2)12(15)11(14-13(16)17)8-10-6-4-3-5-7-10/h10-11,14H,1,3-8H2,2H3,(H,16,17). The zero-order valence-corrected chi connectivity index (χ0v) is 10.4. The Morgan fingerprint density at radius 2 is 1.94 bits per heavy atom. The first-order valence-corrected chi connectivity index (χ1v) is 6.20. The summed E-state index contributed by atoms with van der Waals surface area (Å²) in [6.45, 7) is 5.22. The third kappa shape index (κ3) is 4.59. The predicted molar refractivity (Wildman–Crippen MR) is 66.0 cm³/mol. The van der Waals surface area contributed by atoms with Crippen LogP contribution in [0.3, 0.4) is 0 Å². The SMILES string of the molecule is C=C(C)C(=O)C(CC1CCCCC1)NC(=O)O. The molecule has 1 aliphatic carbocycles. The summed E-state index contributed by atoms with van der Waals surface area (Å²) < 4.78 is 0. The van der Waals surface area contributed by atoms with Gasteiger partial charge in [0.2, 0.25) is 0 Å². The maximum atomic E-state index is 11.8. The summed E-state index contributed by atoms with van der Waals surface area (Å²) in [4.78, 5) is 22.5. The summed E-state index contributed by atoms with van der Waals surface area (Å²) in [7, 11) is 0. The number of hydrogen-bond donors (Lipinski definition) is 2. The monoisotopic (exact) mass is 239 g/mol. The lowest BCUT2D eigenvalue weighted by atomic mass is 9.83. The van der Waals surface area contributed by atoms with Crippen LogP contribution in [0.15, 0.2) is 12.2 Å². The second kappa shape index (κ2) is 6.42. The van der Waals surface area contributed by atoms with Crippen molar-refractivity contribution >= 4 is 11.9 Å². The Morgan fingerprint density at radius 1 is 1.35 bits per heavy atom. The van der Waals surface area contributed by atoms with E-state index < -0.39 is 12.1 Å². The molecular weight excluding hydrogens is 218 g/mol. The first-order chi connectivity index (χ1) is 8.00. The van der Waals surface area contributed by atoms with E-state index in [-0.39, 0.29) is 5.78 Å². The molecule has 1 fully saturated rings. The van der Waals surface area contributed by atoms with Crippen LogP contribution in [0.2, 0.25) is 0 Å². The van der Waals surface area contributed by atoms with Crippen molar-refractivity contribution in [3.63, 3.8) is 0 Å². The Labute approximate surface area is 102 Å². The summed E-state index contributed by atoms with van der Waals surface area (Å²) in [5.74, 6) is 0.280. The van der Waals surface area contributed by atoms with E-state index in [0.29, 0.717) is 17.9 Å². The van der Waals surface area contributed by atoms with E-state index in [1.807, 2.05) is 0 Å². The average Bonchev–Trinajstić information content (AvgIpc) is 2.28. The molecule has 17 heavy (non-hydrogen) atoms. The fourth-order valence-corrected chi connectivity index (χ4v) is 2.43. The van der Waals surface area contributed by atoms with Crippen molar-refractivity contribution < 1.29 is 14.7 Å². The van der Waals surface area contributed by atoms with Crippen molar-refractivity contribution in [2.75, 3.05) is 0 Å². The van der Waals surface area contributed by atoms with Crippen LogP contribution in [-0.4, -0.2) is 23.0 Å². The van der Waals surface area contributed by atoms with Gasteiger partial charge in [-0.05, 0) is 24.8 Å². The fourth-order valence-electron chi connectivity index (χ4n) is 2.43. The molecule has 2 N–H and O–H groups in total. The molecule has 0 saturated heterocycles. The van der Waals surface area contributed by atoms with Gasteiger partial charge in [-0.25, -0.2) is 4.79 Å². The third-order valence-corrected chi connectivity index (χ3v) is 3.33. The van der Waals surface area contributed by atoms with Gasteiger partial charge in [0.1, 0.15) is 0 Å². The second-order valence-corrected chi connectivity index (χ2v) is 4.89. The number of ketones is 1. The van der Waals surface area contributed by atoms with Crippen LogP contribution >= 0.6 is 0 Å². The molecule has 0 bridgehead atoms. The van der Waals surface area contributed by atoms with Crippen molar-refractivity contribution in [3.05, 3.63) is 12.2 Å². The Morgan fingerprint density at radius 3 is 2.41 bits per heavy atom. The van der Waals surface area contributed by atoms with E-state index in [2.05, 4.69) is 11.9 Å². The number of Topliss-reactive ketones (excluding diaryl/α,β-unsaturated/α-hetero) is 1. The van der Waals surface area contributed by atoms with Gasteiger partial charge >= 0.3 is 6.09 Å². The largest absolute Gasteiger partial charge is 0.465 e. The number of hydrogen-bond acceptors (Lipinski definition) is 2. The molecule has 1 unspecified atom stereocenters. The molecule has 0 heterocycles. The van der Waals surface area contributed by atoms with Crippen LogP contribution in [0.25, 0.3) is 0 Å². The molecule has 4 nitrogen and oxygen atoms in total. The van der Waals surface area contributed by atoms with Crippen LogP contribution in [0, 0.1) is 5.92 Å². The van der Waals surface area contributed by atoms with Crippen molar-refractivity contribution in [3.8, 4) is 0 Å². The van der Waals surface area contributed by atoms with Gasteiger partial charge in [0, 0.05) is 0 Å². The lowest BCUT2D eigenvalue weighted by molar-refractivity contribution is -0.117. The molecule has 1 rings (SSSR count). The Hall–Kier alpha value is -1.32. The molecule has 0 aromatic carbocycles. The molecule has 96 valence electrons. The molecule has 0 aromatic rings. The predicted octanol–water partition coefficient (Wildman–Crippen LogP) is 2.74. The minimum Gasteiger partial charge on any atom is -0.465 e. The van der Waals surface area contributed by atoms with Gasteiger partial charge in [0.15, 0.2) is 5.78 Å². The zero-order chi connectivity index (χ0) is 12.8. The first-order valence-electron chi connectivity index (χ1n) is 6.20. The summed E-state index contributed by atoms with van der Waals surface area (Å²) in [5.41, 5.74) is 0.416. The number of rotatable bonds is 5. The van der Waals surface area contributed by atoms with Crippen LogP contribution in [0.4, 0.5) is 4.79 Å². The van der Waals surface area contributed by atoms with Gasteiger partial charge in [-0.1, -0.05) is 38.7 Å². The van der Waals surface area contributed by atoms with Crippen LogP contribution in [-0.2, 0) is 4.79 Å². The quantitative estimate of drug-likeness (QED) is 0.725. The van der Waals surface area contributed by atoms with Gasteiger partial charge in [0.25, 0.3) is 0 Å². The average molecular weight is 239 g/mol. The van der Waals surface area contributed by atoms with Gasteiger partial charge in [-0.3, -0.25) is 4.79 Å². The zero-order valence-electron chi connectivity index (χ0n) is 10.4. The van der Waals surface area contributed by atoms with Crippen molar-refractivity contribution in [2.45, 2.75) is 51.5 Å². The highest BCUT2D eigenvalue weighted by Crippen LogP contribution is 2.27. The van der Waals surface area contributed by atoms with E-state index >= 15 is 0 Å². The Balaban J connectivity index is 2.58. The highest BCUT2D eigenvalue weighted by molar-refractivity contribution is 5.99. The number of nitrogens with one attached hydrogen (secondary N) is 1. The molecule has 1 atom stereocenters. The number of carbonyl (C=O) groups is 2. The van der Waals surface area contributed by atoms with Gasteiger partial charge < -0.3 is 10.4 Å². The van der Waals surface area contributed by atoms with E-state index in [1.54, 1.807) is 6.92 Å². The van der Waals surface area contributed by atoms with Crippen LogP contribution in [0.5, 0.6) is 0 Å². The molecule has 1 aliphatic rings. The normalized spacial score (nSPS) is 18.4. The molecule has 0 aromatic heterocycles. The summed E-state index contributed by atoms with van der Waals surface area (Å²) in [6.07, 6.45) is 5.29. The smallest absolute Gasteiger partial charge is 0.405 e. The molecule has 0 radical (unpaired) electrons. The highest BCUT2D eigenvalue weighted by atomic mass is 16.4. The van der Waals surface area contributed by atoms with Crippen LogP contribution < -0.4 is 5.32 Å². The lowest BCUT2D eigenvalue weighted by Gasteiger charge is -2.25. The minimum absolute atomic E-state index is 0.182. The molecule has 1 amide bonds. The maximum absolute atomic E-state index is 11.8. The third-order valence-electron chi connectivity index (χ3n) is 3.33. The highest BCUT2D eigenvalue weighted by Gasteiger charge is 2.25. The number of carboxylic acid groups (broad SMARTS) is 1. The summed E-state index contributed by atoms with van der Waals surface area (Å²) in [5, 5.41) is 11.1. The number of amides is 1. The van der Waals surface area contributed by atoms with Crippen LogP contribution in [0.1, 0.15) is 45.4 Å². The minimum atomic E-state index is -1.14. The van der Waals surface area contributed by atoms with E-state index in [9.17, 15) is 9.59 Å². The van der Waals surface area contributed by atoms with Crippen molar-refractivity contribution in [2.24, 2.45) is 5.92 Å². The topological polar surface area (TPSA) is 66.4 Å². The second-order valence-electron chi connectivity index (χ2n) is 4.89. The van der Waals surface area contributed by atoms with E-state index in [0.717, 1.165) is 12.8 Å². The summed E-state index contributed by atoms with van der Waals surface area (Å²) >= 11 is 0. The molecule has 1 saturated carbocycles. The molecule has 0 aliphatic heterocycles. The van der Waals surface area contributed by atoms with Crippen molar-refractivity contribution in [1.29, 1.82) is 0 Å². The fraction of sp³-hybridized carbons (Fsp3) is 0.692. The Kier molecular flexibility index (Phi) is 5.19. The summed E-state index contributed by atoms with van der Waals surface area (Å²) in [6, 6.07) is -0.618. The van der Waals surface area contributed by atoms with E-state index in [1.165, 1.54) is 19.3 Å². The molecular formula is C13H21NO3. The van der Waals surface area contributed by atoms with Gasteiger partial charge in [-0.2, -0.15) is 0 Å². The van der Waals surface area contributed by atoms with Gasteiger partial charge in [0.05, 0.1) is 6.04 Å². The van der Waals surface area contributed by atoms with Gasteiger partial charge in [-0.15, -0.1) is 0 Å². The van der Waals surface area contributed by atoms with Crippen molar-refractivity contribution in [1.82, 2.24) is 5.32 Å². The first kappa shape index (κ1) is 13.7.